The Morgan fingerprint density at radius 3 is 2.38 bits per heavy atom. The summed E-state index contributed by atoms with van der Waals surface area (Å²) in [5.74, 6) is -4.15. The number of alkyl halides is 2. The van der Waals surface area contributed by atoms with Gasteiger partial charge in [-0.25, -0.2) is 8.42 Å². The van der Waals surface area contributed by atoms with E-state index in [9.17, 15) is 13.2 Å². The second kappa shape index (κ2) is 11.3. The Bertz CT molecular complexity index is 1450. The first-order valence-corrected chi connectivity index (χ1v) is 15.6. The summed E-state index contributed by atoms with van der Waals surface area (Å²) in [5, 5.41) is 1.35. The number of amides is 1. The number of carbonyl (C=O) groups excluding carboxylic acids is 1. The summed E-state index contributed by atoms with van der Waals surface area (Å²) < 4.78 is 66.5. The quantitative estimate of drug-likeness (QED) is 0.369. The monoisotopic (exact) mass is 597 g/mol. The van der Waals surface area contributed by atoms with Gasteiger partial charge < -0.3 is 15.4 Å². The fraction of sp³-hybridized carbons (Fsp3) is 0.444. The highest BCUT2D eigenvalue weighted by molar-refractivity contribution is 7.89. The van der Waals surface area contributed by atoms with E-state index in [2.05, 4.69) is 0 Å². The van der Waals surface area contributed by atoms with Crippen molar-refractivity contribution in [2.24, 2.45) is 5.73 Å². The number of ether oxygens (including phenoxy) is 1. The predicted octanol–water partition coefficient (Wildman–Crippen LogP) is 5.26. The van der Waals surface area contributed by atoms with Crippen LogP contribution in [0.4, 0.5) is 8.78 Å². The topological polar surface area (TPSA) is 102 Å². The SMILES string of the molecule is NC1CCN(C(=O)[C@@H](NS(=O)(=O)c2ccc3cc(OC4CCCC4)ccc3c2)C(F)(F)c2ccc(Cl)s2)CC1. The Morgan fingerprint density at radius 2 is 1.72 bits per heavy atom. The largest absolute Gasteiger partial charge is 0.490 e. The molecule has 0 radical (unpaired) electrons. The normalized spacial score (nSPS) is 18.5. The van der Waals surface area contributed by atoms with Crippen LogP contribution in [-0.2, 0) is 20.7 Å². The van der Waals surface area contributed by atoms with Crippen molar-refractivity contribution >= 4 is 49.6 Å². The minimum absolute atomic E-state index is 0.105. The first-order valence-electron chi connectivity index (χ1n) is 12.9. The number of benzene rings is 2. The summed E-state index contributed by atoms with van der Waals surface area (Å²) in [4.78, 5) is 13.9. The molecule has 5 rings (SSSR count). The standard InChI is InChI=1S/C27H30ClF2N3O4S2/c28-24-10-9-23(38-24)27(29,30)25(26(34)33-13-11-19(31)12-14-33)32-39(35,36)22-8-6-17-15-21(7-5-18(17)16-22)37-20-3-1-2-4-20/h5-10,15-16,19-20,25,32H,1-4,11-14,31H2/t25-/m1/s1. The zero-order valence-electron chi connectivity index (χ0n) is 21.1. The summed E-state index contributed by atoms with van der Waals surface area (Å²) in [7, 11) is -4.52. The number of nitrogens with one attached hydrogen (secondary N) is 1. The Hall–Kier alpha value is -2.31. The van der Waals surface area contributed by atoms with Gasteiger partial charge in [-0.15, -0.1) is 11.3 Å². The van der Waals surface area contributed by atoms with Crippen LogP contribution in [0.5, 0.6) is 5.75 Å². The molecule has 7 nitrogen and oxygen atoms in total. The van der Waals surface area contributed by atoms with Crippen molar-refractivity contribution in [3.63, 3.8) is 0 Å². The molecule has 210 valence electrons. The fourth-order valence-electron chi connectivity index (χ4n) is 5.08. The summed E-state index contributed by atoms with van der Waals surface area (Å²) in [5.41, 5.74) is 5.91. The molecule has 12 heteroatoms. The lowest BCUT2D eigenvalue weighted by atomic mass is 10.0. The number of fused-ring (bicyclic) bond motifs is 1. The first kappa shape index (κ1) is 28.2. The van der Waals surface area contributed by atoms with Gasteiger partial charge in [0.25, 0.3) is 0 Å². The summed E-state index contributed by atoms with van der Waals surface area (Å²) in [6.45, 7) is 0.335. The summed E-state index contributed by atoms with van der Waals surface area (Å²) >= 11 is 6.49. The van der Waals surface area contributed by atoms with Crippen LogP contribution >= 0.6 is 22.9 Å². The van der Waals surface area contributed by atoms with Crippen molar-refractivity contribution in [3.8, 4) is 5.75 Å². The molecular formula is C27H30ClF2N3O4S2. The zero-order chi connectivity index (χ0) is 27.8. The molecule has 1 amide bonds. The molecule has 1 aliphatic heterocycles. The van der Waals surface area contributed by atoms with Crippen LogP contribution in [0.1, 0.15) is 43.4 Å². The Morgan fingerprint density at radius 1 is 1.05 bits per heavy atom. The van der Waals surface area contributed by atoms with Gasteiger partial charge in [-0.3, -0.25) is 4.79 Å². The van der Waals surface area contributed by atoms with Gasteiger partial charge in [0.2, 0.25) is 15.9 Å². The Kier molecular flexibility index (Phi) is 8.17. The van der Waals surface area contributed by atoms with Gasteiger partial charge in [-0.1, -0.05) is 23.7 Å². The van der Waals surface area contributed by atoms with Gasteiger partial charge in [-0.2, -0.15) is 13.5 Å². The lowest BCUT2D eigenvalue weighted by molar-refractivity contribution is -0.145. The molecule has 3 aromatic rings. The zero-order valence-corrected chi connectivity index (χ0v) is 23.5. The molecule has 1 saturated carbocycles. The van der Waals surface area contributed by atoms with E-state index in [-0.39, 0.29) is 34.5 Å². The number of nitrogens with two attached hydrogens (primary N) is 1. The third-order valence-electron chi connectivity index (χ3n) is 7.33. The number of halogens is 3. The van der Waals surface area contributed by atoms with Crippen LogP contribution in [0.15, 0.2) is 53.4 Å². The van der Waals surface area contributed by atoms with Gasteiger partial charge in [0.1, 0.15) is 5.75 Å². The number of hydrogen-bond acceptors (Lipinski definition) is 6. The summed E-state index contributed by atoms with van der Waals surface area (Å²) in [6.07, 6.45) is 5.36. The number of nitrogens with zero attached hydrogens (tertiary/aromatic N) is 1. The lowest BCUT2D eigenvalue weighted by Gasteiger charge is -2.35. The summed E-state index contributed by atoms with van der Waals surface area (Å²) in [6, 6.07) is 9.59. The van der Waals surface area contributed by atoms with E-state index in [0.29, 0.717) is 35.3 Å². The molecule has 2 heterocycles. The third-order valence-corrected chi connectivity index (χ3v) is 10.1. The van der Waals surface area contributed by atoms with Crippen molar-refractivity contribution in [1.82, 2.24) is 9.62 Å². The van der Waals surface area contributed by atoms with E-state index in [0.717, 1.165) is 37.1 Å². The molecule has 0 spiro atoms. The van der Waals surface area contributed by atoms with E-state index in [1.165, 1.54) is 23.1 Å². The molecule has 2 aliphatic rings. The minimum atomic E-state index is -4.52. The van der Waals surface area contributed by atoms with E-state index < -0.39 is 32.8 Å². The van der Waals surface area contributed by atoms with Crippen LogP contribution in [0, 0.1) is 0 Å². The molecule has 3 N–H and O–H groups in total. The van der Waals surface area contributed by atoms with E-state index in [1.807, 2.05) is 10.8 Å². The smallest absolute Gasteiger partial charge is 0.307 e. The molecule has 2 fully saturated rings. The highest BCUT2D eigenvalue weighted by Crippen LogP contribution is 2.39. The van der Waals surface area contributed by atoms with Gasteiger partial charge >= 0.3 is 5.92 Å². The molecule has 0 unspecified atom stereocenters. The Labute approximate surface area is 235 Å². The molecule has 1 aliphatic carbocycles. The van der Waals surface area contributed by atoms with Crippen LogP contribution in [0.25, 0.3) is 10.8 Å². The number of hydrogen-bond donors (Lipinski definition) is 2. The average Bonchev–Trinajstić information content (AvgIpc) is 3.59. The van der Waals surface area contributed by atoms with Crippen molar-refractivity contribution in [1.29, 1.82) is 0 Å². The molecule has 1 saturated heterocycles. The maximum Gasteiger partial charge on any atom is 0.307 e. The maximum absolute atomic E-state index is 15.8. The van der Waals surface area contributed by atoms with Gasteiger partial charge in [0, 0.05) is 19.1 Å². The number of piperidine rings is 1. The highest BCUT2D eigenvalue weighted by atomic mass is 35.5. The fourth-order valence-corrected chi connectivity index (χ4v) is 7.35. The highest BCUT2D eigenvalue weighted by Gasteiger charge is 2.50. The van der Waals surface area contributed by atoms with Gasteiger partial charge in [0.05, 0.1) is 20.2 Å². The number of carbonyl (C=O) groups is 1. The number of likely N-dealkylation sites (tertiary alicyclic amines) is 1. The number of thiophene rings is 1. The van der Waals surface area contributed by atoms with Crippen LogP contribution in [0.2, 0.25) is 4.34 Å². The van der Waals surface area contributed by atoms with Crippen molar-refractivity contribution < 1.29 is 26.7 Å². The van der Waals surface area contributed by atoms with Crippen LogP contribution < -0.4 is 15.2 Å². The molecule has 0 bridgehead atoms. The lowest BCUT2D eigenvalue weighted by Crippen LogP contribution is -2.57. The molecule has 1 aromatic heterocycles. The maximum atomic E-state index is 15.8. The van der Waals surface area contributed by atoms with Gasteiger partial charge in [0.15, 0.2) is 6.04 Å². The van der Waals surface area contributed by atoms with E-state index >= 15 is 8.78 Å². The van der Waals surface area contributed by atoms with Crippen LogP contribution in [-0.4, -0.2) is 50.5 Å². The molecular weight excluding hydrogens is 568 g/mol. The average molecular weight is 598 g/mol. The second-order valence-corrected chi connectivity index (χ2v) is 13.6. The molecule has 1 atom stereocenters. The second-order valence-electron chi connectivity index (χ2n) is 10.1. The van der Waals surface area contributed by atoms with Gasteiger partial charge in [-0.05, 0) is 85.7 Å². The minimum Gasteiger partial charge on any atom is -0.490 e. The van der Waals surface area contributed by atoms with Crippen LogP contribution in [0.3, 0.4) is 0 Å². The number of sulfonamides is 1. The predicted molar refractivity (Wildman–Crippen MR) is 148 cm³/mol. The first-order chi connectivity index (χ1) is 18.5. The van der Waals surface area contributed by atoms with E-state index in [4.69, 9.17) is 22.1 Å². The Balaban J connectivity index is 1.43. The number of rotatable bonds is 8. The third kappa shape index (κ3) is 6.22. The van der Waals surface area contributed by atoms with Crippen molar-refractivity contribution in [2.45, 2.75) is 67.5 Å². The molecule has 39 heavy (non-hydrogen) atoms. The van der Waals surface area contributed by atoms with Crippen molar-refractivity contribution in [3.05, 3.63) is 57.7 Å². The van der Waals surface area contributed by atoms with Crippen molar-refractivity contribution in [2.75, 3.05) is 13.1 Å². The molecule has 2 aromatic carbocycles. The van der Waals surface area contributed by atoms with E-state index in [1.54, 1.807) is 18.2 Å².